The van der Waals surface area contributed by atoms with Gasteiger partial charge in [0.1, 0.15) is 17.1 Å². The smallest absolute Gasteiger partial charge is 0.250 e. The lowest BCUT2D eigenvalue weighted by Crippen LogP contribution is -2.67. The number of hydrogen-bond acceptors (Lipinski definition) is 5. The van der Waals surface area contributed by atoms with Crippen LogP contribution in [0.2, 0.25) is 0 Å². The van der Waals surface area contributed by atoms with Crippen molar-refractivity contribution in [2.45, 2.75) is 77.5 Å². The largest absolute Gasteiger partial charge is 0.349 e. The third-order valence-corrected chi connectivity index (χ3v) is 7.24. The first kappa shape index (κ1) is 24.4. The minimum Gasteiger partial charge on any atom is -0.349 e. The van der Waals surface area contributed by atoms with Gasteiger partial charge in [-0.3, -0.25) is 14.4 Å². The van der Waals surface area contributed by atoms with Crippen LogP contribution in [0.15, 0.2) is 35.8 Å². The molecule has 0 saturated carbocycles. The van der Waals surface area contributed by atoms with E-state index in [1.54, 1.807) is 11.6 Å². The average Bonchev–Trinajstić information content (AvgIpc) is 3.41. The van der Waals surface area contributed by atoms with Gasteiger partial charge in [0.2, 0.25) is 17.7 Å². The van der Waals surface area contributed by atoms with E-state index in [1.165, 1.54) is 27.4 Å². The highest BCUT2D eigenvalue weighted by atomic mass is 32.1. The van der Waals surface area contributed by atoms with Gasteiger partial charge in [0.25, 0.3) is 0 Å². The topological polar surface area (TPSA) is 91.4 Å². The van der Waals surface area contributed by atoms with Crippen LogP contribution in [0.4, 0.5) is 0 Å². The van der Waals surface area contributed by atoms with Gasteiger partial charge < -0.3 is 15.5 Å². The number of hydrogen-bond donors (Lipinski definition) is 2. The fourth-order valence-corrected chi connectivity index (χ4v) is 5.77. The minimum atomic E-state index is -0.951. The second-order valence-corrected chi connectivity index (χ2v) is 11.8. The predicted octanol–water partition coefficient (Wildman–Crippen LogP) is 3.26. The molecule has 1 fully saturated rings. The zero-order valence-electron chi connectivity index (χ0n) is 20.5. The van der Waals surface area contributed by atoms with Crippen LogP contribution < -0.4 is 10.6 Å². The third kappa shape index (κ3) is 5.02. The fraction of sp³-hybridized carbons (Fsp3) is 0.538. The Morgan fingerprint density at radius 2 is 1.85 bits per heavy atom. The summed E-state index contributed by atoms with van der Waals surface area (Å²) < 4.78 is 0. The van der Waals surface area contributed by atoms with E-state index in [2.05, 4.69) is 27.8 Å². The molecule has 0 radical (unpaired) electrons. The molecule has 0 spiro atoms. The molecule has 1 saturated heterocycles. The van der Waals surface area contributed by atoms with Crippen molar-refractivity contribution in [3.8, 4) is 0 Å². The van der Waals surface area contributed by atoms with Gasteiger partial charge in [-0.2, -0.15) is 0 Å². The molecule has 2 unspecified atom stereocenters. The van der Waals surface area contributed by atoms with E-state index in [-0.39, 0.29) is 29.6 Å². The maximum absolute atomic E-state index is 14.1. The predicted molar refractivity (Wildman–Crippen MR) is 132 cm³/mol. The Morgan fingerprint density at radius 1 is 1.21 bits per heavy atom. The van der Waals surface area contributed by atoms with Crippen LogP contribution in [0, 0.1) is 11.8 Å². The Hall–Kier alpha value is -2.74. The second kappa shape index (κ2) is 9.49. The molecule has 3 atom stereocenters. The van der Waals surface area contributed by atoms with Gasteiger partial charge in [0, 0.05) is 17.1 Å². The van der Waals surface area contributed by atoms with Crippen molar-refractivity contribution in [2.75, 3.05) is 0 Å². The molecule has 3 amide bonds. The normalized spacial score (nSPS) is 22.0. The maximum atomic E-state index is 14.1. The lowest BCUT2D eigenvalue weighted by atomic mass is 9.89. The highest BCUT2D eigenvalue weighted by Gasteiger charge is 2.50. The zero-order valence-corrected chi connectivity index (χ0v) is 21.3. The lowest BCUT2D eigenvalue weighted by Gasteiger charge is -2.44. The Balaban J connectivity index is 1.72. The van der Waals surface area contributed by atoms with Crippen LogP contribution in [0.3, 0.4) is 0 Å². The number of carbonyl (C=O) groups is 3. The Kier molecular flexibility index (Phi) is 6.80. The summed E-state index contributed by atoms with van der Waals surface area (Å²) >= 11 is 1.33. The SMILES string of the molecule is CC(C)CC1C(=O)N[C@H](C2Cc3ccccc3C2)C(=O)N1C(C(=O)NC(C)(C)C)c1nccs1. The molecule has 0 bridgehead atoms. The summed E-state index contributed by atoms with van der Waals surface area (Å²) in [4.78, 5) is 47.1. The molecular formula is C26H34N4O3S. The monoisotopic (exact) mass is 482 g/mol. The Labute approximate surface area is 205 Å². The number of amides is 3. The lowest BCUT2D eigenvalue weighted by molar-refractivity contribution is -0.158. The van der Waals surface area contributed by atoms with Crippen molar-refractivity contribution in [1.29, 1.82) is 0 Å². The standard InChI is InChI=1S/C26H34N4O3S/c1-15(2)12-19-22(31)28-20(18-13-16-8-6-7-9-17(16)14-18)25(33)30(19)21(24-27-10-11-34-24)23(32)29-26(3,4)5/h6-11,15,18-21H,12-14H2,1-5H3,(H,28,31)(H,29,32)/t19?,20-,21?/m1/s1. The first-order chi connectivity index (χ1) is 16.0. The number of nitrogens with zero attached hydrogens (tertiary/aromatic N) is 2. The van der Waals surface area contributed by atoms with E-state index in [0.717, 1.165) is 12.8 Å². The van der Waals surface area contributed by atoms with E-state index in [9.17, 15) is 14.4 Å². The number of piperazine rings is 1. The molecule has 8 heteroatoms. The van der Waals surface area contributed by atoms with Crippen LogP contribution in [0.1, 0.15) is 63.2 Å². The summed E-state index contributed by atoms with van der Waals surface area (Å²) in [5.74, 6) is -0.584. The van der Waals surface area contributed by atoms with Gasteiger partial charge >= 0.3 is 0 Å². The fourth-order valence-electron chi connectivity index (χ4n) is 5.04. The number of benzene rings is 1. The van der Waals surface area contributed by atoms with Crippen molar-refractivity contribution in [2.24, 2.45) is 11.8 Å². The minimum absolute atomic E-state index is 0.0426. The van der Waals surface area contributed by atoms with Crippen molar-refractivity contribution < 1.29 is 14.4 Å². The summed E-state index contributed by atoms with van der Waals surface area (Å²) in [5, 5.41) is 8.37. The molecule has 1 aromatic heterocycles. The molecule has 1 aliphatic carbocycles. The molecule has 7 nitrogen and oxygen atoms in total. The van der Waals surface area contributed by atoms with E-state index in [1.807, 2.05) is 46.8 Å². The summed E-state index contributed by atoms with van der Waals surface area (Å²) in [5.41, 5.74) is 1.94. The molecule has 2 N–H and O–H groups in total. The molecule has 4 rings (SSSR count). The molecule has 182 valence electrons. The first-order valence-corrected chi connectivity index (χ1v) is 12.8. The number of nitrogens with one attached hydrogen (secondary N) is 2. The summed E-state index contributed by atoms with van der Waals surface area (Å²) in [7, 11) is 0. The number of thiazole rings is 1. The van der Waals surface area contributed by atoms with Gasteiger partial charge in [-0.15, -0.1) is 11.3 Å². The summed E-state index contributed by atoms with van der Waals surface area (Å²) in [6, 6.07) is 5.82. The van der Waals surface area contributed by atoms with Gasteiger partial charge in [-0.05, 0) is 63.0 Å². The molecule has 2 heterocycles. The number of rotatable bonds is 6. The molecule has 34 heavy (non-hydrogen) atoms. The second-order valence-electron chi connectivity index (χ2n) is 10.8. The van der Waals surface area contributed by atoms with E-state index < -0.39 is 23.7 Å². The quantitative estimate of drug-likeness (QED) is 0.661. The van der Waals surface area contributed by atoms with Crippen molar-refractivity contribution in [3.63, 3.8) is 0 Å². The zero-order chi connectivity index (χ0) is 24.6. The van der Waals surface area contributed by atoms with Crippen molar-refractivity contribution in [3.05, 3.63) is 52.0 Å². The first-order valence-electron chi connectivity index (χ1n) is 12.0. The Morgan fingerprint density at radius 3 is 2.38 bits per heavy atom. The highest BCUT2D eigenvalue weighted by molar-refractivity contribution is 7.09. The van der Waals surface area contributed by atoms with Gasteiger partial charge in [0.15, 0.2) is 6.04 Å². The van der Waals surface area contributed by atoms with Gasteiger partial charge in [-0.25, -0.2) is 4.98 Å². The summed E-state index contributed by atoms with van der Waals surface area (Å²) in [6.45, 7) is 9.74. The van der Waals surface area contributed by atoms with Crippen LogP contribution in [-0.4, -0.2) is 45.2 Å². The number of aromatic nitrogens is 1. The molecule has 1 aliphatic heterocycles. The Bertz CT molecular complexity index is 1040. The van der Waals surface area contributed by atoms with Crippen molar-refractivity contribution >= 4 is 29.1 Å². The van der Waals surface area contributed by atoms with Crippen LogP contribution >= 0.6 is 11.3 Å². The number of fused-ring (bicyclic) bond motifs is 1. The third-order valence-electron chi connectivity index (χ3n) is 6.42. The van der Waals surface area contributed by atoms with Crippen molar-refractivity contribution in [1.82, 2.24) is 20.5 Å². The van der Waals surface area contributed by atoms with Crippen LogP contribution in [0.25, 0.3) is 0 Å². The maximum Gasteiger partial charge on any atom is 0.250 e. The average molecular weight is 483 g/mol. The van der Waals surface area contributed by atoms with E-state index in [0.29, 0.717) is 11.4 Å². The van der Waals surface area contributed by atoms with E-state index >= 15 is 0 Å². The van der Waals surface area contributed by atoms with Gasteiger partial charge in [0.05, 0.1) is 0 Å². The molecule has 2 aromatic rings. The summed E-state index contributed by atoms with van der Waals surface area (Å²) in [6.07, 6.45) is 3.56. The van der Waals surface area contributed by atoms with Crippen LogP contribution in [0.5, 0.6) is 0 Å². The molecule has 1 aromatic carbocycles. The molecule has 2 aliphatic rings. The number of carbonyl (C=O) groups excluding carboxylic acids is 3. The van der Waals surface area contributed by atoms with Crippen LogP contribution in [-0.2, 0) is 27.2 Å². The molecular weight excluding hydrogens is 448 g/mol. The van der Waals surface area contributed by atoms with E-state index in [4.69, 9.17) is 0 Å². The highest BCUT2D eigenvalue weighted by Crippen LogP contribution is 2.35. The van der Waals surface area contributed by atoms with Gasteiger partial charge in [-0.1, -0.05) is 38.1 Å².